The molecular formula is C24H27BrN4O3. The molecule has 2 heterocycles. The monoisotopic (exact) mass is 498 g/mol. The van der Waals surface area contributed by atoms with E-state index < -0.39 is 0 Å². The van der Waals surface area contributed by atoms with Gasteiger partial charge in [-0.3, -0.25) is 9.69 Å². The molecule has 32 heavy (non-hydrogen) atoms. The number of hydrogen-bond donors (Lipinski definition) is 1. The smallest absolute Gasteiger partial charge is 0.241 e. The van der Waals surface area contributed by atoms with Crippen molar-refractivity contribution in [2.45, 2.75) is 39.3 Å². The van der Waals surface area contributed by atoms with Gasteiger partial charge in [-0.15, -0.1) is 0 Å². The summed E-state index contributed by atoms with van der Waals surface area (Å²) >= 11 is 3.46. The van der Waals surface area contributed by atoms with Crippen LogP contribution in [0.3, 0.4) is 0 Å². The normalized spacial score (nSPS) is 16.8. The van der Waals surface area contributed by atoms with Gasteiger partial charge in [0.05, 0.1) is 18.6 Å². The number of piperidine rings is 1. The van der Waals surface area contributed by atoms with E-state index in [1.807, 2.05) is 62.4 Å². The van der Waals surface area contributed by atoms with Crippen molar-refractivity contribution in [3.8, 4) is 17.1 Å². The number of anilines is 1. The molecule has 7 nitrogen and oxygen atoms in total. The third kappa shape index (κ3) is 5.95. The predicted molar refractivity (Wildman–Crippen MR) is 126 cm³/mol. The lowest BCUT2D eigenvalue weighted by molar-refractivity contribution is -0.121. The van der Waals surface area contributed by atoms with Crippen molar-refractivity contribution in [1.82, 2.24) is 15.0 Å². The van der Waals surface area contributed by atoms with E-state index in [4.69, 9.17) is 9.26 Å². The highest BCUT2D eigenvalue weighted by atomic mass is 79.9. The second kappa shape index (κ2) is 10.3. The maximum absolute atomic E-state index is 12.9. The largest absolute Gasteiger partial charge is 0.491 e. The molecular weight excluding hydrogens is 472 g/mol. The molecule has 1 amide bonds. The fourth-order valence-electron chi connectivity index (χ4n) is 3.83. The number of amides is 1. The lowest BCUT2D eigenvalue weighted by atomic mass is 9.97. The van der Waals surface area contributed by atoms with Crippen LogP contribution in [0.1, 0.15) is 32.6 Å². The Labute approximate surface area is 196 Å². The molecule has 1 atom stereocenters. The van der Waals surface area contributed by atoms with Crippen LogP contribution in [0.15, 0.2) is 57.5 Å². The molecule has 4 rings (SSSR count). The van der Waals surface area contributed by atoms with Crippen molar-refractivity contribution >= 4 is 27.5 Å². The van der Waals surface area contributed by atoms with E-state index in [-0.39, 0.29) is 17.9 Å². The molecule has 1 aliphatic rings. The van der Waals surface area contributed by atoms with Crippen molar-refractivity contribution in [2.24, 2.45) is 5.92 Å². The van der Waals surface area contributed by atoms with Gasteiger partial charge in [0.25, 0.3) is 0 Å². The van der Waals surface area contributed by atoms with E-state index in [0.717, 1.165) is 40.9 Å². The first-order chi connectivity index (χ1) is 15.5. The summed E-state index contributed by atoms with van der Waals surface area (Å²) < 4.78 is 12.2. The van der Waals surface area contributed by atoms with Gasteiger partial charge >= 0.3 is 0 Å². The molecule has 0 saturated carbocycles. The van der Waals surface area contributed by atoms with Crippen LogP contribution in [0.25, 0.3) is 11.4 Å². The minimum Gasteiger partial charge on any atom is -0.491 e. The van der Waals surface area contributed by atoms with E-state index in [0.29, 0.717) is 24.8 Å². The summed E-state index contributed by atoms with van der Waals surface area (Å²) in [6.07, 6.45) is 1.89. The van der Waals surface area contributed by atoms with Crippen LogP contribution in [0.2, 0.25) is 0 Å². The number of likely N-dealkylation sites (tertiary alicyclic amines) is 1. The van der Waals surface area contributed by atoms with Crippen molar-refractivity contribution in [1.29, 1.82) is 0 Å². The Morgan fingerprint density at radius 3 is 2.94 bits per heavy atom. The summed E-state index contributed by atoms with van der Waals surface area (Å²) in [5.74, 6) is 1.80. The molecule has 1 aliphatic heterocycles. The molecule has 2 aromatic carbocycles. The van der Waals surface area contributed by atoms with Crippen LogP contribution in [-0.4, -0.2) is 40.1 Å². The van der Waals surface area contributed by atoms with Crippen LogP contribution in [0, 0.1) is 5.92 Å². The third-order valence-electron chi connectivity index (χ3n) is 5.26. The highest BCUT2D eigenvalue weighted by Gasteiger charge is 2.27. The number of carbonyl (C=O) groups excluding carboxylic acids is 1. The average molecular weight is 499 g/mol. The number of hydrogen-bond acceptors (Lipinski definition) is 6. The first kappa shape index (κ1) is 22.5. The van der Waals surface area contributed by atoms with Gasteiger partial charge in [0, 0.05) is 28.3 Å². The molecule has 168 valence electrons. The van der Waals surface area contributed by atoms with Gasteiger partial charge in [-0.05, 0) is 57.5 Å². The zero-order chi connectivity index (χ0) is 22.5. The minimum absolute atomic E-state index is 0.0248. The fourth-order valence-corrected chi connectivity index (χ4v) is 4.23. The lowest BCUT2D eigenvalue weighted by Crippen LogP contribution is -2.40. The van der Waals surface area contributed by atoms with Crippen LogP contribution >= 0.6 is 15.9 Å². The van der Waals surface area contributed by atoms with Crippen LogP contribution in [-0.2, 0) is 11.3 Å². The van der Waals surface area contributed by atoms with E-state index in [1.165, 1.54) is 0 Å². The van der Waals surface area contributed by atoms with Gasteiger partial charge in [-0.2, -0.15) is 4.98 Å². The Morgan fingerprint density at radius 1 is 1.28 bits per heavy atom. The second-order valence-corrected chi connectivity index (χ2v) is 9.20. The first-order valence-electron chi connectivity index (χ1n) is 10.8. The maximum atomic E-state index is 12.9. The van der Waals surface area contributed by atoms with Crippen LogP contribution < -0.4 is 10.1 Å². The summed E-state index contributed by atoms with van der Waals surface area (Å²) in [6, 6.07) is 15.3. The number of rotatable bonds is 7. The molecule has 1 aromatic heterocycles. The zero-order valence-corrected chi connectivity index (χ0v) is 19.8. The van der Waals surface area contributed by atoms with Crippen molar-refractivity contribution in [3.05, 3.63) is 58.9 Å². The number of carbonyl (C=O) groups is 1. The van der Waals surface area contributed by atoms with Crippen molar-refractivity contribution in [3.63, 3.8) is 0 Å². The summed E-state index contributed by atoms with van der Waals surface area (Å²) in [6.45, 7) is 6.04. The molecule has 1 unspecified atom stereocenters. The second-order valence-electron chi connectivity index (χ2n) is 8.28. The third-order valence-corrected chi connectivity index (χ3v) is 5.75. The zero-order valence-electron chi connectivity index (χ0n) is 18.3. The Hall–Kier alpha value is -2.71. The van der Waals surface area contributed by atoms with E-state index >= 15 is 0 Å². The van der Waals surface area contributed by atoms with Gasteiger partial charge in [-0.25, -0.2) is 0 Å². The quantitative estimate of drug-likeness (QED) is 0.485. The number of ether oxygens (including phenoxy) is 1. The Morgan fingerprint density at radius 2 is 2.12 bits per heavy atom. The standard InChI is InChI=1S/C24H27BrN4O3/c1-16(2)31-21-10-4-9-20(13-21)26-24(30)18-7-5-11-29(14-18)15-22-27-23(28-32-22)17-6-3-8-19(25)12-17/h3-4,6,8-10,12-13,16,18H,5,7,11,14-15H2,1-2H3,(H,26,30). The molecule has 0 aliphatic carbocycles. The predicted octanol–water partition coefficient (Wildman–Crippen LogP) is 5.14. The number of nitrogens with zero attached hydrogens (tertiary/aromatic N) is 3. The van der Waals surface area contributed by atoms with E-state index in [9.17, 15) is 4.79 Å². The summed E-state index contributed by atoms with van der Waals surface area (Å²) in [5.41, 5.74) is 1.65. The van der Waals surface area contributed by atoms with Gasteiger partial charge in [0.1, 0.15) is 5.75 Å². The summed E-state index contributed by atoms with van der Waals surface area (Å²) in [7, 11) is 0. The van der Waals surface area contributed by atoms with Gasteiger partial charge in [0.15, 0.2) is 0 Å². The Kier molecular flexibility index (Phi) is 7.22. The number of halogens is 1. The highest BCUT2D eigenvalue weighted by Crippen LogP contribution is 2.24. The first-order valence-corrected chi connectivity index (χ1v) is 11.6. The van der Waals surface area contributed by atoms with Crippen LogP contribution in [0.5, 0.6) is 5.75 Å². The summed E-state index contributed by atoms with van der Waals surface area (Å²) in [4.78, 5) is 19.6. The average Bonchev–Trinajstić information content (AvgIpc) is 3.22. The molecule has 3 aromatic rings. The number of nitrogens with one attached hydrogen (secondary N) is 1. The van der Waals surface area contributed by atoms with Crippen LogP contribution in [0.4, 0.5) is 5.69 Å². The van der Waals surface area contributed by atoms with Gasteiger partial charge in [-0.1, -0.05) is 39.3 Å². The number of aromatic nitrogens is 2. The van der Waals surface area contributed by atoms with E-state index in [2.05, 4.69) is 36.3 Å². The van der Waals surface area contributed by atoms with Gasteiger partial charge in [0.2, 0.25) is 17.6 Å². The highest BCUT2D eigenvalue weighted by molar-refractivity contribution is 9.10. The lowest BCUT2D eigenvalue weighted by Gasteiger charge is -2.30. The van der Waals surface area contributed by atoms with E-state index in [1.54, 1.807) is 0 Å². The Balaban J connectivity index is 1.35. The summed E-state index contributed by atoms with van der Waals surface area (Å²) in [5, 5.41) is 7.15. The van der Waals surface area contributed by atoms with Gasteiger partial charge < -0.3 is 14.6 Å². The Bertz CT molecular complexity index is 1070. The van der Waals surface area contributed by atoms with Crippen molar-refractivity contribution < 1.29 is 14.1 Å². The molecule has 8 heteroatoms. The fraction of sp³-hybridized carbons (Fsp3) is 0.375. The minimum atomic E-state index is -0.0918. The molecule has 0 radical (unpaired) electrons. The molecule has 1 saturated heterocycles. The SMILES string of the molecule is CC(C)Oc1cccc(NC(=O)C2CCCN(Cc3nc(-c4cccc(Br)c4)no3)C2)c1. The molecule has 1 N–H and O–H groups in total. The molecule has 1 fully saturated rings. The maximum Gasteiger partial charge on any atom is 0.241 e. The molecule has 0 bridgehead atoms. The van der Waals surface area contributed by atoms with Crippen molar-refractivity contribution in [2.75, 3.05) is 18.4 Å². The molecule has 0 spiro atoms. The topological polar surface area (TPSA) is 80.5 Å². The number of benzene rings is 2.